The van der Waals surface area contributed by atoms with Crippen LogP contribution in [0.5, 0.6) is 5.75 Å². The van der Waals surface area contributed by atoms with Crippen LogP contribution in [-0.2, 0) is 11.2 Å². The Morgan fingerprint density at radius 1 is 1.25 bits per heavy atom. The second kappa shape index (κ2) is 8.63. The molecule has 0 spiro atoms. The van der Waals surface area contributed by atoms with Crippen LogP contribution in [-0.4, -0.2) is 18.8 Å². The molecular formula is C17H16F3NO2S. The highest BCUT2D eigenvalue weighted by molar-refractivity contribution is 7.99. The molecular weight excluding hydrogens is 339 g/mol. The summed E-state index contributed by atoms with van der Waals surface area (Å²) < 4.78 is 43.5. The number of halogens is 3. The van der Waals surface area contributed by atoms with E-state index in [9.17, 15) is 18.0 Å². The molecule has 0 atom stereocenters. The molecule has 128 valence electrons. The Kier molecular flexibility index (Phi) is 6.54. The zero-order chi connectivity index (χ0) is 17.5. The van der Waals surface area contributed by atoms with Gasteiger partial charge in [0.2, 0.25) is 5.91 Å². The van der Waals surface area contributed by atoms with Crippen molar-refractivity contribution in [2.75, 3.05) is 12.4 Å². The predicted molar refractivity (Wildman–Crippen MR) is 88.2 cm³/mol. The molecule has 0 saturated carbocycles. The minimum atomic E-state index is -2.56. The van der Waals surface area contributed by atoms with Gasteiger partial charge >= 0.3 is 0 Å². The summed E-state index contributed by atoms with van der Waals surface area (Å²) >= 11 is 0.376. The fraction of sp³-hybridized carbons (Fsp3) is 0.235. The number of anilines is 1. The maximum absolute atomic E-state index is 13.6. The third kappa shape index (κ3) is 5.19. The molecule has 24 heavy (non-hydrogen) atoms. The molecule has 2 rings (SSSR count). The summed E-state index contributed by atoms with van der Waals surface area (Å²) in [6.45, 7) is 0. The number of ether oxygens (including phenoxy) is 1. The highest BCUT2D eigenvalue weighted by Crippen LogP contribution is 2.31. The number of amides is 1. The Hall–Kier alpha value is -2.15. The van der Waals surface area contributed by atoms with Gasteiger partial charge in [0.05, 0.1) is 12.8 Å². The lowest BCUT2D eigenvalue weighted by Crippen LogP contribution is -2.13. The normalized spacial score (nSPS) is 10.7. The van der Waals surface area contributed by atoms with E-state index in [1.165, 1.54) is 25.3 Å². The Labute approximate surface area is 142 Å². The molecule has 2 aromatic carbocycles. The van der Waals surface area contributed by atoms with Gasteiger partial charge in [-0.3, -0.25) is 4.79 Å². The van der Waals surface area contributed by atoms with Gasteiger partial charge in [-0.2, -0.15) is 8.78 Å². The summed E-state index contributed by atoms with van der Waals surface area (Å²) in [6, 6.07) is 10.9. The molecule has 0 bridgehead atoms. The van der Waals surface area contributed by atoms with Crippen LogP contribution in [0.25, 0.3) is 0 Å². The zero-order valence-corrected chi connectivity index (χ0v) is 13.7. The smallest absolute Gasteiger partial charge is 0.288 e. The van der Waals surface area contributed by atoms with Crippen molar-refractivity contribution in [1.82, 2.24) is 0 Å². The van der Waals surface area contributed by atoms with Crippen molar-refractivity contribution < 1.29 is 22.7 Å². The average molecular weight is 355 g/mol. The maximum Gasteiger partial charge on any atom is 0.288 e. The number of nitrogens with one attached hydrogen (secondary N) is 1. The Morgan fingerprint density at radius 2 is 2.00 bits per heavy atom. The lowest BCUT2D eigenvalue weighted by molar-refractivity contribution is -0.116. The second-order valence-electron chi connectivity index (χ2n) is 4.89. The molecule has 0 aromatic heterocycles. The van der Waals surface area contributed by atoms with Crippen LogP contribution in [0.15, 0.2) is 47.4 Å². The highest BCUT2D eigenvalue weighted by atomic mass is 32.2. The summed E-state index contributed by atoms with van der Waals surface area (Å²) in [5.41, 5.74) is 0.993. The van der Waals surface area contributed by atoms with Crippen molar-refractivity contribution in [2.45, 2.75) is 23.5 Å². The van der Waals surface area contributed by atoms with Crippen molar-refractivity contribution >= 4 is 23.4 Å². The molecule has 0 aliphatic rings. The number of thioether (sulfide) groups is 1. The summed E-state index contributed by atoms with van der Waals surface area (Å²) in [7, 11) is 1.38. The first-order valence-electron chi connectivity index (χ1n) is 7.15. The second-order valence-corrected chi connectivity index (χ2v) is 5.92. The van der Waals surface area contributed by atoms with E-state index in [0.29, 0.717) is 34.3 Å². The minimum Gasteiger partial charge on any atom is -0.494 e. The maximum atomic E-state index is 13.6. The molecule has 0 unspecified atom stereocenters. The lowest BCUT2D eigenvalue weighted by atomic mass is 10.1. The van der Waals surface area contributed by atoms with Gasteiger partial charge in [-0.25, -0.2) is 4.39 Å². The largest absolute Gasteiger partial charge is 0.494 e. The Balaban J connectivity index is 1.95. The fourth-order valence-electron chi connectivity index (χ4n) is 2.10. The van der Waals surface area contributed by atoms with Gasteiger partial charge in [-0.1, -0.05) is 30.0 Å². The van der Waals surface area contributed by atoms with Gasteiger partial charge in [-0.05, 0) is 36.2 Å². The highest BCUT2D eigenvalue weighted by Gasteiger charge is 2.12. The number of rotatable bonds is 7. The van der Waals surface area contributed by atoms with Gasteiger partial charge < -0.3 is 10.1 Å². The molecule has 1 amide bonds. The molecule has 3 nitrogen and oxygen atoms in total. The van der Waals surface area contributed by atoms with E-state index in [-0.39, 0.29) is 18.1 Å². The molecule has 0 fully saturated rings. The van der Waals surface area contributed by atoms with E-state index in [1.807, 2.05) is 0 Å². The Bertz CT molecular complexity index is 710. The van der Waals surface area contributed by atoms with Gasteiger partial charge in [0, 0.05) is 11.3 Å². The fourth-order valence-corrected chi connectivity index (χ4v) is 2.70. The average Bonchev–Trinajstić information content (AvgIpc) is 2.54. The topological polar surface area (TPSA) is 38.3 Å². The van der Waals surface area contributed by atoms with E-state index in [2.05, 4.69) is 5.32 Å². The molecule has 7 heteroatoms. The number of hydrogen-bond donors (Lipinski definition) is 1. The number of carbonyl (C=O) groups is 1. The predicted octanol–water partition coefficient (Wildman–Crippen LogP) is 4.72. The molecule has 0 radical (unpaired) electrons. The Morgan fingerprint density at radius 3 is 2.67 bits per heavy atom. The zero-order valence-electron chi connectivity index (χ0n) is 12.9. The first-order valence-corrected chi connectivity index (χ1v) is 8.03. The van der Waals surface area contributed by atoms with Crippen LogP contribution < -0.4 is 10.1 Å². The van der Waals surface area contributed by atoms with Crippen LogP contribution in [0.3, 0.4) is 0 Å². The number of para-hydroxylation sites is 1. The third-order valence-electron chi connectivity index (χ3n) is 3.23. The van der Waals surface area contributed by atoms with Crippen molar-refractivity contribution in [2.24, 2.45) is 0 Å². The summed E-state index contributed by atoms with van der Waals surface area (Å²) in [5.74, 6) is -3.24. The van der Waals surface area contributed by atoms with E-state index in [0.717, 1.165) is 0 Å². The molecule has 2 aromatic rings. The number of methoxy groups -OCH3 is 1. The van der Waals surface area contributed by atoms with Crippen LogP contribution >= 0.6 is 11.8 Å². The number of hydrogen-bond acceptors (Lipinski definition) is 3. The minimum absolute atomic E-state index is 0.111. The number of alkyl halides is 2. The molecule has 0 aliphatic carbocycles. The summed E-state index contributed by atoms with van der Waals surface area (Å²) in [6.07, 6.45) is 0.441. The van der Waals surface area contributed by atoms with Crippen LogP contribution in [0.2, 0.25) is 0 Å². The molecule has 0 heterocycles. The van der Waals surface area contributed by atoms with Crippen LogP contribution in [0, 0.1) is 5.82 Å². The van der Waals surface area contributed by atoms with E-state index >= 15 is 0 Å². The van der Waals surface area contributed by atoms with Crippen molar-refractivity contribution in [3.05, 3.63) is 53.8 Å². The third-order valence-corrected chi connectivity index (χ3v) is 4.02. The van der Waals surface area contributed by atoms with Crippen molar-refractivity contribution in [3.63, 3.8) is 0 Å². The first kappa shape index (κ1) is 18.2. The summed E-state index contributed by atoms with van der Waals surface area (Å²) in [5, 5.41) is 2.61. The quantitative estimate of drug-likeness (QED) is 0.731. The van der Waals surface area contributed by atoms with Gasteiger partial charge in [0.25, 0.3) is 5.76 Å². The number of carbonyl (C=O) groups excluding carboxylic acids is 1. The van der Waals surface area contributed by atoms with Crippen LogP contribution in [0.1, 0.15) is 12.0 Å². The first-order chi connectivity index (χ1) is 11.5. The molecule has 0 saturated heterocycles. The van der Waals surface area contributed by atoms with Crippen LogP contribution in [0.4, 0.5) is 18.9 Å². The molecule has 1 N–H and O–H groups in total. The standard InChI is InChI=1S/C17H16F3NO2S/c1-23-14-8-6-11(10-12(14)18)7-9-16(22)21-13-4-2-3-5-15(13)24-17(19)20/h2-6,8,10,17H,7,9H2,1H3,(H,21,22). The lowest BCUT2D eigenvalue weighted by Gasteiger charge is -2.10. The van der Waals surface area contributed by atoms with E-state index in [1.54, 1.807) is 24.3 Å². The number of aryl methyl sites for hydroxylation is 1. The van der Waals surface area contributed by atoms with Crippen molar-refractivity contribution in [3.8, 4) is 5.75 Å². The van der Waals surface area contributed by atoms with Gasteiger partial charge in [-0.15, -0.1) is 0 Å². The SMILES string of the molecule is COc1ccc(CCC(=O)Nc2ccccc2SC(F)F)cc1F. The summed E-state index contributed by atoms with van der Waals surface area (Å²) in [4.78, 5) is 12.3. The van der Waals surface area contributed by atoms with Gasteiger partial charge in [0.1, 0.15) is 0 Å². The van der Waals surface area contributed by atoms with E-state index in [4.69, 9.17) is 4.74 Å². The number of benzene rings is 2. The molecule has 0 aliphatic heterocycles. The van der Waals surface area contributed by atoms with E-state index < -0.39 is 11.6 Å². The van der Waals surface area contributed by atoms with Crippen molar-refractivity contribution in [1.29, 1.82) is 0 Å². The monoisotopic (exact) mass is 355 g/mol. The van der Waals surface area contributed by atoms with Gasteiger partial charge in [0.15, 0.2) is 11.6 Å².